The van der Waals surface area contributed by atoms with Crippen LogP contribution in [0.4, 0.5) is 0 Å². The third-order valence-corrected chi connectivity index (χ3v) is 10.5. The number of halogens is 1. The molecular formula is C29H36ClN5O3S. The zero-order valence-electron chi connectivity index (χ0n) is 22.2. The number of rotatable bonds is 6. The number of hydrogen-bond donors (Lipinski definition) is 2. The summed E-state index contributed by atoms with van der Waals surface area (Å²) in [6.45, 7) is 3.28. The Hall–Kier alpha value is -2.46. The van der Waals surface area contributed by atoms with Crippen LogP contribution < -0.4 is 10.5 Å². The SMILES string of the molecule is Cc1nc2ccccc2n1C1C[C@H]2CC[C@@H](C1)N2CC1CCC(NC(=O)c2ccc(Cl)c(S(N)(=O)=O)c2)CC1. The predicted octanol–water partition coefficient (Wildman–Crippen LogP) is 4.80. The Kier molecular flexibility index (Phi) is 7.20. The fourth-order valence-electron chi connectivity index (χ4n) is 7.30. The molecule has 3 aromatic rings. The lowest BCUT2D eigenvalue weighted by molar-refractivity contribution is 0.0763. The second-order valence-corrected chi connectivity index (χ2v) is 13.5. The Morgan fingerprint density at radius 2 is 1.72 bits per heavy atom. The maximum atomic E-state index is 12.8. The van der Waals surface area contributed by atoms with Crippen molar-refractivity contribution in [3.63, 3.8) is 0 Å². The summed E-state index contributed by atoms with van der Waals surface area (Å²) in [5.74, 6) is 1.47. The van der Waals surface area contributed by atoms with Crippen molar-refractivity contribution in [2.45, 2.75) is 87.4 Å². The number of piperidine rings is 1. The predicted molar refractivity (Wildman–Crippen MR) is 152 cm³/mol. The van der Waals surface area contributed by atoms with Crippen LogP contribution >= 0.6 is 11.6 Å². The molecule has 3 heterocycles. The van der Waals surface area contributed by atoms with E-state index in [1.807, 2.05) is 0 Å². The van der Waals surface area contributed by atoms with Gasteiger partial charge in [0.05, 0.1) is 16.1 Å². The minimum absolute atomic E-state index is 0.0149. The Morgan fingerprint density at radius 1 is 1.03 bits per heavy atom. The van der Waals surface area contributed by atoms with Crippen molar-refractivity contribution < 1.29 is 13.2 Å². The first-order chi connectivity index (χ1) is 18.7. The van der Waals surface area contributed by atoms with Gasteiger partial charge in [-0.3, -0.25) is 9.69 Å². The maximum absolute atomic E-state index is 12.8. The maximum Gasteiger partial charge on any atom is 0.251 e. The van der Waals surface area contributed by atoms with E-state index in [9.17, 15) is 13.2 Å². The smallest absolute Gasteiger partial charge is 0.251 e. The molecule has 2 aliphatic heterocycles. The summed E-state index contributed by atoms with van der Waals surface area (Å²) in [4.78, 5) is 20.2. The number of nitrogens with one attached hydrogen (secondary N) is 1. The number of carbonyl (C=O) groups is 1. The van der Waals surface area contributed by atoms with Crippen LogP contribution in [0.3, 0.4) is 0 Å². The summed E-state index contributed by atoms with van der Waals surface area (Å²) in [6.07, 6.45) is 8.95. The highest BCUT2D eigenvalue weighted by molar-refractivity contribution is 7.89. The molecule has 10 heteroatoms. The normalized spacial score (nSPS) is 27.6. The van der Waals surface area contributed by atoms with Gasteiger partial charge in [0.25, 0.3) is 5.91 Å². The molecule has 1 unspecified atom stereocenters. The molecular weight excluding hydrogens is 534 g/mol. The number of aromatic nitrogens is 2. The van der Waals surface area contributed by atoms with Gasteiger partial charge < -0.3 is 9.88 Å². The van der Waals surface area contributed by atoms with Gasteiger partial charge in [0, 0.05) is 36.3 Å². The highest BCUT2D eigenvalue weighted by Gasteiger charge is 2.42. The summed E-state index contributed by atoms with van der Waals surface area (Å²) < 4.78 is 26.0. The number of nitrogens with two attached hydrogens (primary N) is 1. The fourth-order valence-corrected chi connectivity index (χ4v) is 8.37. The van der Waals surface area contributed by atoms with Crippen molar-refractivity contribution in [3.05, 3.63) is 58.9 Å². The van der Waals surface area contributed by atoms with Crippen LogP contribution in [0, 0.1) is 12.8 Å². The lowest BCUT2D eigenvalue weighted by Gasteiger charge is -2.42. The molecule has 2 bridgehead atoms. The molecule has 1 amide bonds. The first-order valence-corrected chi connectivity index (χ1v) is 15.9. The van der Waals surface area contributed by atoms with Crippen molar-refractivity contribution >= 4 is 38.6 Å². The summed E-state index contributed by atoms with van der Waals surface area (Å²) in [7, 11) is -4.00. The van der Waals surface area contributed by atoms with E-state index in [1.165, 1.54) is 49.4 Å². The van der Waals surface area contributed by atoms with Crippen LogP contribution in [0.1, 0.15) is 73.6 Å². The van der Waals surface area contributed by atoms with Gasteiger partial charge in [0.1, 0.15) is 10.7 Å². The van der Waals surface area contributed by atoms with E-state index in [0.29, 0.717) is 24.0 Å². The Balaban J connectivity index is 1.04. The lowest BCUT2D eigenvalue weighted by Crippen LogP contribution is -2.47. The molecule has 0 spiro atoms. The first kappa shape index (κ1) is 26.7. The number of fused-ring (bicyclic) bond motifs is 3. The Labute approximate surface area is 235 Å². The zero-order chi connectivity index (χ0) is 27.3. The number of amides is 1. The molecule has 8 nitrogen and oxygen atoms in total. The molecule has 3 fully saturated rings. The van der Waals surface area contributed by atoms with Gasteiger partial charge in [0.2, 0.25) is 10.0 Å². The number of imidazole rings is 1. The molecule has 1 saturated carbocycles. The number of benzene rings is 2. The largest absolute Gasteiger partial charge is 0.349 e. The Bertz CT molecular complexity index is 1480. The van der Waals surface area contributed by atoms with Crippen LogP contribution in [0.25, 0.3) is 11.0 Å². The van der Waals surface area contributed by atoms with Gasteiger partial charge in [-0.15, -0.1) is 0 Å². The van der Waals surface area contributed by atoms with Crippen molar-refractivity contribution in [2.24, 2.45) is 11.1 Å². The molecule has 2 saturated heterocycles. The molecule has 0 radical (unpaired) electrons. The number of para-hydroxylation sites is 2. The lowest BCUT2D eigenvalue weighted by atomic mass is 9.84. The molecule has 208 valence electrons. The minimum Gasteiger partial charge on any atom is -0.349 e. The summed E-state index contributed by atoms with van der Waals surface area (Å²) in [5, 5.41) is 8.34. The van der Waals surface area contributed by atoms with E-state index in [4.69, 9.17) is 21.7 Å². The average Bonchev–Trinajstić information content (AvgIpc) is 3.34. The van der Waals surface area contributed by atoms with Crippen LogP contribution in [0.5, 0.6) is 0 Å². The van der Waals surface area contributed by atoms with Gasteiger partial charge in [-0.1, -0.05) is 23.7 Å². The van der Waals surface area contributed by atoms with E-state index in [2.05, 4.69) is 46.0 Å². The van der Waals surface area contributed by atoms with E-state index in [-0.39, 0.29) is 27.4 Å². The molecule has 3 aliphatic rings. The second kappa shape index (κ2) is 10.5. The van der Waals surface area contributed by atoms with Crippen LogP contribution in [0.15, 0.2) is 47.4 Å². The van der Waals surface area contributed by atoms with Crippen LogP contribution in [0.2, 0.25) is 5.02 Å². The molecule has 2 aromatic carbocycles. The van der Waals surface area contributed by atoms with E-state index < -0.39 is 10.0 Å². The monoisotopic (exact) mass is 569 g/mol. The first-order valence-electron chi connectivity index (χ1n) is 14.0. The summed E-state index contributed by atoms with van der Waals surface area (Å²) in [5.41, 5.74) is 2.60. The number of sulfonamides is 1. The number of hydrogen-bond acceptors (Lipinski definition) is 5. The third-order valence-electron chi connectivity index (χ3n) is 9.15. The van der Waals surface area contributed by atoms with Crippen LogP contribution in [-0.4, -0.2) is 53.4 Å². The second-order valence-electron chi connectivity index (χ2n) is 11.6. The quantitative estimate of drug-likeness (QED) is 0.443. The number of carbonyl (C=O) groups excluding carboxylic acids is 1. The molecule has 6 rings (SSSR count). The van der Waals surface area contributed by atoms with Gasteiger partial charge >= 0.3 is 0 Å². The summed E-state index contributed by atoms with van der Waals surface area (Å²) in [6, 6.07) is 14.5. The Morgan fingerprint density at radius 3 is 2.41 bits per heavy atom. The van der Waals surface area contributed by atoms with Gasteiger partial charge in [-0.25, -0.2) is 18.5 Å². The van der Waals surface area contributed by atoms with Crippen molar-refractivity contribution in [3.8, 4) is 0 Å². The number of nitrogens with zero attached hydrogens (tertiary/aromatic N) is 3. The van der Waals surface area contributed by atoms with Crippen molar-refractivity contribution in [1.29, 1.82) is 0 Å². The number of aryl methyl sites for hydroxylation is 1. The topological polar surface area (TPSA) is 110 Å². The fraction of sp³-hybridized carbons (Fsp3) is 0.517. The highest BCUT2D eigenvalue weighted by Crippen LogP contribution is 2.43. The van der Waals surface area contributed by atoms with Crippen LogP contribution in [-0.2, 0) is 10.0 Å². The van der Waals surface area contributed by atoms with Gasteiger partial charge in [-0.05, 0) is 94.5 Å². The summed E-state index contributed by atoms with van der Waals surface area (Å²) >= 11 is 5.96. The molecule has 1 aliphatic carbocycles. The molecule has 39 heavy (non-hydrogen) atoms. The highest BCUT2D eigenvalue weighted by atomic mass is 35.5. The average molecular weight is 570 g/mol. The van der Waals surface area contributed by atoms with E-state index in [0.717, 1.165) is 43.6 Å². The minimum atomic E-state index is -4.00. The molecule has 1 aromatic heterocycles. The molecule has 3 atom stereocenters. The van der Waals surface area contributed by atoms with E-state index >= 15 is 0 Å². The van der Waals surface area contributed by atoms with Crippen molar-refractivity contribution in [1.82, 2.24) is 19.8 Å². The van der Waals surface area contributed by atoms with Crippen molar-refractivity contribution in [2.75, 3.05) is 6.54 Å². The zero-order valence-corrected chi connectivity index (χ0v) is 23.8. The standard InChI is InChI=1S/C29H36ClN5O3S/c1-18-32-26-4-2-3-5-27(26)35(18)24-15-22-11-12-23(16-24)34(22)17-19-6-9-21(10-7-19)33-29(36)20-8-13-25(30)28(14-20)39(31,37)38/h2-5,8,13-14,19,21-24H,6-7,9-12,15-17H2,1H3,(H,33,36)(H2,31,37,38)/t19?,21?,22-,23+,24?. The van der Waals surface area contributed by atoms with Gasteiger partial charge in [0.15, 0.2) is 0 Å². The van der Waals surface area contributed by atoms with Gasteiger partial charge in [-0.2, -0.15) is 0 Å². The number of primary sulfonamides is 1. The molecule has 3 N–H and O–H groups in total. The third kappa shape index (κ3) is 5.34. The van der Waals surface area contributed by atoms with E-state index in [1.54, 1.807) is 0 Å².